The predicted octanol–water partition coefficient (Wildman–Crippen LogP) is 3.55. The second kappa shape index (κ2) is 5.81. The van der Waals surface area contributed by atoms with Crippen LogP contribution < -0.4 is 5.32 Å². The lowest BCUT2D eigenvalue weighted by Gasteiger charge is -2.24. The maximum Gasteiger partial charge on any atom is 0.0994 e. The molecule has 23 heavy (non-hydrogen) atoms. The Balaban J connectivity index is 2.04. The van der Waals surface area contributed by atoms with Gasteiger partial charge in [0.15, 0.2) is 0 Å². The molecule has 2 aromatic rings. The first-order valence-corrected chi connectivity index (χ1v) is 7.98. The standard InChI is InChI=1S/C20H22N2O/c1-20(2,3)22-12-18(23)16-9-8-14(11-21)17-10-13-6-4-5-7-15(13)19(16)17/h4-9,18,22-23H,10,12H2,1-3H3/t18-/m0/s1. The predicted molar refractivity (Wildman–Crippen MR) is 92.1 cm³/mol. The van der Waals surface area contributed by atoms with Gasteiger partial charge in [0.05, 0.1) is 17.7 Å². The number of hydrogen-bond acceptors (Lipinski definition) is 3. The van der Waals surface area contributed by atoms with Gasteiger partial charge in [0.1, 0.15) is 0 Å². The Morgan fingerprint density at radius 2 is 1.96 bits per heavy atom. The number of nitrogens with one attached hydrogen (secondary N) is 1. The van der Waals surface area contributed by atoms with Gasteiger partial charge in [-0.3, -0.25) is 0 Å². The summed E-state index contributed by atoms with van der Waals surface area (Å²) >= 11 is 0. The van der Waals surface area contributed by atoms with E-state index < -0.39 is 6.10 Å². The van der Waals surface area contributed by atoms with E-state index in [1.807, 2.05) is 24.3 Å². The third-order valence-electron chi connectivity index (χ3n) is 4.30. The van der Waals surface area contributed by atoms with Gasteiger partial charge in [0, 0.05) is 12.1 Å². The van der Waals surface area contributed by atoms with Gasteiger partial charge in [-0.2, -0.15) is 5.26 Å². The van der Waals surface area contributed by atoms with Gasteiger partial charge < -0.3 is 10.4 Å². The molecule has 0 radical (unpaired) electrons. The second-order valence-electron chi connectivity index (χ2n) is 7.15. The fourth-order valence-corrected chi connectivity index (χ4v) is 3.17. The first kappa shape index (κ1) is 15.7. The molecule has 0 bridgehead atoms. The normalized spacial score (nSPS) is 14.0. The van der Waals surface area contributed by atoms with E-state index in [0.717, 1.165) is 28.7 Å². The fraction of sp³-hybridized carbons (Fsp3) is 0.350. The molecule has 3 nitrogen and oxygen atoms in total. The van der Waals surface area contributed by atoms with Crippen molar-refractivity contribution in [3.63, 3.8) is 0 Å². The SMILES string of the molecule is CC(C)(C)NC[C@H](O)c1ccc(C#N)c2c1-c1ccccc1C2. The molecule has 0 amide bonds. The van der Waals surface area contributed by atoms with Crippen molar-refractivity contribution in [2.24, 2.45) is 0 Å². The Hall–Kier alpha value is -2.15. The molecule has 0 aliphatic heterocycles. The molecule has 1 aliphatic carbocycles. The molecule has 2 aromatic carbocycles. The average Bonchev–Trinajstić information content (AvgIpc) is 2.90. The smallest absolute Gasteiger partial charge is 0.0994 e. The van der Waals surface area contributed by atoms with Crippen molar-refractivity contribution < 1.29 is 5.11 Å². The van der Waals surface area contributed by atoms with Gasteiger partial charge in [-0.15, -0.1) is 0 Å². The highest BCUT2D eigenvalue weighted by atomic mass is 16.3. The first-order valence-electron chi connectivity index (χ1n) is 7.98. The van der Waals surface area contributed by atoms with Crippen LogP contribution >= 0.6 is 0 Å². The number of β-amino-alcohol motifs (C(OH)–C–C–N with tert-alkyl or cyclic N) is 1. The van der Waals surface area contributed by atoms with E-state index in [2.05, 4.69) is 44.3 Å². The van der Waals surface area contributed by atoms with Crippen LogP contribution in [0.15, 0.2) is 36.4 Å². The van der Waals surface area contributed by atoms with Crippen molar-refractivity contribution in [1.82, 2.24) is 5.32 Å². The van der Waals surface area contributed by atoms with E-state index in [-0.39, 0.29) is 5.54 Å². The van der Waals surface area contributed by atoms with Gasteiger partial charge in [-0.25, -0.2) is 0 Å². The van der Waals surface area contributed by atoms with Crippen LogP contribution in [-0.4, -0.2) is 17.2 Å². The molecule has 3 heteroatoms. The van der Waals surface area contributed by atoms with E-state index in [1.165, 1.54) is 5.56 Å². The summed E-state index contributed by atoms with van der Waals surface area (Å²) in [6.07, 6.45) is 0.170. The molecule has 0 heterocycles. The van der Waals surface area contributed by atoms with Crippen LogP contribution in [0.1, 0.15) is 49.1 Å². The molecule has 1 aliphatic rings. The molecule has 0 saturated heterocycles. The third-order valence-corrected chi connectivity index (χ3v) is 4.30. The first-order chi connectivity index (χ1) is 10.9. The number of fused-ring (bicyclic) bond motifs is 3. The molecule has 0 spiro atoms. The van der Waals surface area contributed by atoms with Crippen molar-refractivity contribution in [3.8, 4) is 17.2 Å². The van der Waals surface area contributed by atoms with Crippen LogP contribution in [0.25, 0.3) is 11.1 Å². The monoisotopic (exact) mass is 306 g/mol. The zero-order valence-corrected chi connectivity index (χ0v) is 13.9. The number of aliphatic hydroxyl groups excluding tert-OH is 1. The van der Waals surface area contributed by atoms with Gasteiger partial charge >= 0.3 is 0 Å². The summed E-state index contributed by atoms with van der Waals surface area (Å²) in [6.45, 7) is 6.73. The molecule has 0 fully saturated rings. The van der Waals surface area contributed by atoms with Crippen molar-refractivity contribution >= 4 is 0 Å². The minimum atomic E-state index is -0.595. The number of nitrogens with zero attached hydrogens (tertiary/aromatic N) is 1. The summed E-state index contributed by atoms with van der Waals surface area (Å²) in [5.74, 6) is 0. The van der Waals surface area contributed by atoms with E-state index in [1.54, 1.807) is 0 Å². The van der Waals surface area contributed by atoms with Gasteiger partial charge in [-0.05, 0) is 61.1 Å². The van der Waals surface area contributed by atoms with Crippen LogP contribution in [0.4, 0.5) is 0 Å². The number of nitriles is 1. The van der Waals surface area contributed by atoms with Gasteiger partial charge in [-0.1, -0.05) is 30.3 Å². The molecule has 0 saturated carbocycles. The Bertz CT molecular complexity index is 781. The number of aliphatic hydroxyl groups is 1. The maximum absolute atomic E-state index is 10.7. The number of rotatable bonds is 3. The minimum Gasteiger partial charge on any atom is -0.387 e. The maximum atomic E-state index is 10.7. The quantitative estimate of drug-likeness (QED) is 0.778. The van der Waals surface area contributed by atoms with Crippen LogP contribution in [0.5, 0.6) is 0 Å². The molecule has 0 aromatic heterocycles. The highest BCUT2D eigenvalue weighted by Gasteiger charge is 2.26. The Morgan fingerprint density at radius 3 is 2.65 bits per heavy atom. The number of benzene rings is 2. The molecule has 118 valence electrons. The van der Waals surface area contributed by atoms with Crippen LogP contribution in [0.2, 0.25) is 0 Å². The molecular formula is C20H22N2O. The summed E-state index contributed by atoms with van der Waals surface area (Å²) < 4.78 is 0. The lowest BCUT2D eigenvalue weighted by atomic mass is 9.92. The van der Waals surface area contributed by atoms with Crippen molar-refractivity contribution in [2.75, 3.05) is 6.54 Å². The largest absolute Gasteiger partial charge is 0.387 e. The Morgan fingerprint density at radius 1 is 1.22 bits per heavy atom. The van der Waals surface area contributed by atoms with Crippen LogP contribution in [0, 0.1) is 11.3 Å². The average molecular weight is 306 g/mol. The van der Waals surface area contributed by atoms with Crippen molar-refractivity contribution in [2.45, 2.75) is 38.8 Å². The highest BCUT2D eigenvalue weighted by molar-refractivity contribution is 5.82. The van der Waals surface area contributed by atoms with Gasteiger partial charge in [0.25, 0.3) is 0 Å². The minimum absolute atomic E-state index is 0.0470. The topological polar surface area (TPSA) is 56.0 Å². The molecule has 3 rings (SSSR count). The van der Waals surface area contributed by atoms with E-state index >= 15 is 0 Å². The van der Waals surface area contributed by atoms with Crippen molar-refractivity contribution in [1.29, 1.82) is 5.26 Å². The van der Waals surface area contributed by atoms with Crippen molar-refractivity contribution in [3.05, 3.63) is 58.7 Å². The van der Waals surface area contributed by atoms with Gasteiger partial charge in [0.2, 0.25) is 0 Å². The lowest BCUT2D eigenvalue weighted by Crippen LogP contribution is -2.38. The number of hydrogen-bond donors (Lipinski definition) is 2. The summed E-state index contributed by atoms with van der Waals surface area (Å²) in [7, 11) is 0. The summed E-state index contributed by atoms with van der Waals surface area (Å²) in [5.41, 5.74) is 6.02. The second-order valence-corrected chi connectivity index (χ2v) is 7.15. The molecule has 1 atom stereocenters. The van der Waals surface area contributed by atoms with Crippen LogP contribution in [0.3, 0.4) is 0 Å². The van der Waals surface area contributed by atoms with E-state index in [9.17, 15) is 10.4 Å². The third kappa shape index (κ3) is 3.01. The highest BCUT2D eigenvalue weighted by Crippen LogP contribution is 2.42. The zero-order valence-electron chi connectivity index (χ0n) is 13.9. The summed E-state index contributed by atoms with van der Waals surface area (Å²) in [4.78, 5) is 0. The Kier molecular flexibility index (Phi) is 3.97. The van der Waals surface area contributed by atoms with Crippen LogP contribution in [-0.2, 0) is 6.42 Å². The fourth-order valence-electron chi connectivity index (χ4n) is 3.17. The zero-order chi connectivity index (χ0) is 16.6. The van der Waals surface area contributed by atoms with E-state index in [4.69, 9.17) is 0 Å². The van der Waals surface area contributed by atoms with E-state index in [0.29, 0.717) is 12.1 Å². The summed E-state index contributed by atoms with van der Waals surface area (Å²) in [6, 6.07) is 14.2. The Labute approximate surface area is 137 Å². The molecule has 0 unspecified atom stereocenters. The lowest BCUT2D eigenvalue weighted by molar-refractivity contribution is 0.164. The molecule has 2 N–H and O–H groups in total. The molecular weight excluding hydrogens is 284 g/mol. The summed E-state index contributed by atoms with van der Waals surface area (Å²) in [5, 5.41) is 23.4.